The van der Waals surface area contributed by atoms with Gasteiger partial charge >= 0.3 is 0 Å². The van der Waals surface area contributed by atoms with Crippen molar-refractivity contribution in [2.75, 3.05) is 13.7 Å². The lowest BCUT2D eigenvalue weighted by Crippen LogP contribution is -1.92. The highest BCUT2D eigenvalue weighted by Gasteiger charge is 2.11. The van der Waals surface area contributed by atoms with Gasteiger partial charge in [-0.05, 0) is 34.1 Å². The number of benzene rings is 1. The van der Waals surface area contributed by atoms with Crippen molar-refractivity contribution in [2.45, 2.75) is 6.42 Å². The molecule has 0 spiro atoms. The molecule has 0 saturated heterocycles. The van der Waals surface area contributed by atoms with Crippen LogP contribution in [-0.4, -0.2) is 28.8 Å². The molecule has 96 valence electrons. The Labute approximate surface area is 112 Å². The quantitative estimate of drug-likeness (QED) is 0.911. The number of ether oxygens (including phenoxy) is 1. The van der Waals surface area contributed by atoms with Gasteiger partial charge in [-0.15, -0.1) is 0 Å². The maximum Gasteiger partial charge on any atom is 0.165 e. The minimum atomic E-state index is -0.439. The molecule has 0 aliphatic rings. The summed E-state index contributed by atoms with van der Waals surface area (Å²) in [6.45, 7) is 0.0250. The van der Waals surface area contributed by atoms with E-state index in [9.17, 15) is 4.39 Å². The molecule has 0 saturated carbocycles. The van der Waals surface area contributed by atoms with E-state index in [1.807, 2.05) is 0 Å². The summed E-state index contributed by atoms with van der Waals surface area (Å²) in [4.78, 5) is 7.28. The van der Waals surface area contributed by atoms with Gasteiger partial charge in [-0.2, -0.15) is 0 Å². The Morgan fingerprint density at radius 3 is 2.89 bits per heavy atom. The van der Waals surface area contributed by atoms with Crippen LogP contribution in [0.3, 0.4) is 0 Å². The number of nitrogens with zero attached hydrogens (tertiary/aromatic N) is 1. The van der Waals surface area contributed by atoms with Crippen LogP contribution in [0.2, 0.25) is 0 Å². The molecule has 0 bridgehead atoms. The molecule has 0 amide bonds. The monoisotopic (exact) mass is 314 g/mol. The number of hydrogen-bond donors (Lipinski definition) is 2. The van der Waals surface area contributed by atoms with Gasteiger partial charge in [-0.25, -0.2) is 9.37 Å². The van der Waals surface area contributed by atoms with Crippen molar-refractivity contribution >= 4 is 15.9 Å². The van der Waals surface area contributed by atoms with E-state index in [2.05, 4.69) is 25.9 Å². The summed E-state index contributed by atoms with van der Waals surface area (Å²) in [6, 6.07) is 4.62. The number of aliphatic hydroxyl groups excluding tert-OH is 1. The second kappa shape index (κ2) is 5.49. The van der Waals surface area contributed by atoms with Crippen LogP contribution in [0.5, 0.6) is 5.75 Å². The topological polar surface area (TPSA) is 58.1 Å². The van der Waals surface area contributed by atoms with Gasteiger partial charge in [0.05, 0.1) is 12.8 Å². The fourth-order valence-corrected chi connectivity index (χ4v) is 2.09. The Morgan fingerprint density at radius 1 is 1.50 bits per heavy atom. The van der Waals surface area contributed by atoms with Gasteiger partial charge in [0, 0.05) is 18.6 Å². The van der Waals surface area contributed by atoms with Crippen LogP contribution in [0, 0.1) is 5.82 Å². The van der Waals surface area contributed by atoms with Crippen molar-refractivity contribution in [1.82, 2.24) is 9.97 Å². The van der Waals surface area contributed by atoms with Crippen LogP contribution in [0.4, 0.5) is 4.39 Å². The van der Waals surface area contributed by atoms with Gasteiger partial charge in [0.1, 0.15) is 10.4 Å². The normalized spacial score (nSPS) is 10.7. The molecule has 1 heterocycles. The lowest BCUT2D eigenvalue weighted by Gasteiger charge is -2.03. The molecule has 0 radical (unpaired) electrons. The fraction of sp³-hybridized carbons (Fsp3) is 0.250. The molecule has 2 rings (SSSR count). The van der Waals surface area contributed by atoms with E-state index in [4.69, 9.17) is 9.84 Å². The first kappa shape index (κ1) is 13.0. The van der Waals surface area contributed by atoms with Crippen molar-refractivity contribution in [2.24, 2.45) is 0 Å². The molecule has 1 aromatic heterocycles. The van der Waals surface area contributed by atoms with Crippen molar-refractivity contribution in [3.8, 4) is 17.1 Å². The average molecular weight is 315 g/mol. The number of rotatable bonds is 4. The lowest BCUT2D eigenvalue weighted by atomic mass is 10.2. The van der Waals surface area contributed by atoms with Crippen molar-refractivity contribution in [3.63, 3.8) is 0 Å². The summed E-state index contributed by atoms with van der Waals surface area (Å²) in [5, 5.41) is 8.89. The number of imidazole rings is 1. The third kappa shape index (κ3) is 2.54. The summed E-state index contributed by atoms with van der Waals surface area (Å²) < 4.78 is 19.1. The van der Waals surface area contributed by atoms with Gasteiger partial charge in [-0.1, -0.05) is 0 Å². The molecule has 18 heavy (non-hydrogen) atoms. The third-order valence-corrected chi connectivity index (χ3v) is 3.17. The molecule has 1 aromatic carbocycles. The maximum atomic E-state index is 13.6. The van der Waals surface area contributed by atoms with E-state index in [0.717, 1.165) is 5.69 Å². The van der Waals surface area contributed by atoms with E-state index in [0.29, 0.717) is 22.4 Å². The summed E-state index contributed by atoms with van der Waals surface area (Å²) in [5.74, 6) is 0.304. The molecule has 0 unspecified atom stereocenters. The van der Waals surface area contributed by atoms with Crippen LogP contribution in [0.1, 0.15) is 5.69 Å². The van der Waals surface area contributed by atoms with Crippen molar-refractivity contribution < 1.29 is 14.2 Å². The standard InChI is InChI=1S/C12H12BrFN2O2/c1-18-10-3-2-7(6-8(10)14)12-15-9(4-5-17)11(13)16-12/h2-3,6,17H,4-5H2,1H3,(H,15,16). The molecular formula is C12H12BrFN2O2. The van der Waals surface area contributed by atoms with Gasteiger partial charge in [-0.3, -0.25) is 0 Å². The Hall–Kier alpha value is -1.40. The summed E-state index contributed by atoms with van der Waals surface area (Å²) in [6.07, 6.45) is 0.465. The predicted molar refractivity (Wildman–Crippen MR) is 69.0 cm³/mol. The Kier molecular flexibility index (Phi) is 3.98. The lowest BCUT2D eigenvalue weighted by molar-refractivity contribution is 0.298. The van der Waals surface area contributed by atoms with E-state index >= 15 is 0 Å². The zero-order chi connectivity index (χ0) is 13.1. The number of hydrogen-bond acceptors (Lipinski definition) is 3. The molecule has 2 N–H and O–H groups in total. The Bertz CT molecular complexity index is 557. The zero-order valence-electron chi connectivity index (χ0n) is 9.70. The second-order valence-electron chi connectivity index (χ2n) is 3.68. The molecular weight excluding hydrogens is 303 g/mol. The van der Waals surface area contributed by atoms with Crippen LogP contribution < -0.4 is 4.74 Å². The van der Waals surface area contributed by atoms with Crippen LogP contribution in [-0.2, 0) is 6.42 Å². The minimum absolute atomic E-state index is 0.0250. The molecule has 0 atom stereocenters. The molecule has 2 aromatic rings. The largest absolute Gasteiger partial charge is 0.494 e. The van der Waals surface area contributed by atoms with Gasteiger partial charge in [0.25, 0.3) is 0 Å². The number of methoxy groups -OCH3 is 1. The molecule has 0 aliphatic carbocycles. The highest BCUT2D eigenvalue weighted by atomic mass is 79.9. The second-order valence-corrected chi connectivity index (χ2v) is 4.43. The fourth-order valence-electron chi connectivity index (χ4n) is 1.62. The SMILES string of the molecule is COc1ccc(-c2nc(Br)c(CCO)[nH]2)cc1F. The van der Waals surface area contributed by atoms with Crippen LogP contribution in [0.25, 0.3) is 11.4 Å². The average Bonchev–Trinajstić information content (AvgIpc) is 2.71. The summed E-state index contributed by atoms with van der Waals surface area (Å²) >= 11 is 3.29. The number of aliphatic hydroxyl groups is 1. The van der Waals surface area contributed by atoms with E-state index in [1.165, 1.54) is 13.2 Å². The third-order valence-electron chi connectivity index (χ3n) is 2.52. The van der Waals surface area contributed by atoms with Gasteiger partial charge in [0.2, 0.25) is 0 Å². The number of aromatic nitrogens is 2. The number of nitrogens with one attached hydrogen (secondary N) is 1. The summed E-state index contributed by atoms with van der Waals surface area (Å²) in [5.41, 5.74) is 1.40. The highest BCUT2D eigenvalue weighted by molar-refractivity contribution is 9.10. The maximum absolute atomic E-state index is 13.6. The first-order chi connectivity index (χ1) is 8.65. The Balaban J connectivity index is 2.36. The first-order valence-electron chi connectivity index (χ1n) is 5.35. The van der Waals surface area contributed by atoms with E-state index < -0.39 is 5.82 Å². The van der Waals surface area contributed by atoms with Gasteiger partial charge < -0.3 is 14.8 Å². The number of aromatic amines is 1. The summed E-state index contributed by atoms with van der Waals surface area (Å²) in [7, 11) is 1.42. The number of H-pyrrole nitrogens is 1. The number of halogens is 2. The van der Waals surface area contributed by atoms with Gasteiger partial charge in [0.15, 0.2) is 11.6 Å². The predicted octanol–water partition coefficient (Wildman–Crippen LogP) is 2.52. The van der Waals surface area contributed by atoms with E-state index in [-0.39, 0.29) is 12.4 Å². The Morgan fingerprint density at radius 2 is 2.28 bits per heavy atom. The highest BCUT2D eigenvalue weighted by Crippen LogP contribution is 2.26. The smallest absolute Gasteiger partial charge is 0.165 e. The zero-order valence-corrected chi connectivity index (χ0v) is 11.3. The van der Waals surface area contributed by atoms with Crippen molar-refractivity contribution in [1.29, 1.82) is 0 Å². The van der Waals surface area contributed by atoms with Crippen LogP contribution in [0.15, 0.2) is 22.8 Å². The first-order valence-corrected chi connectivity index (χ1v) is 6.14. The molecule has 4 nitrogen and oxygen atoms in total. The molecule has 0 aliphatic heterocycles. The minimum Gasteiger partial charge on any atom is -0.494 e. The molecule has 6 heteroatoms. The van der Waals surface area contributed by atoms with E-state index in [1.54, 1.807) is 12.1 Å². The van der Waals surface area contributed by atoms with Crippen LogP contribution >= 0.6 is 15.9 Å². The molecule has 0 fully saturated rings. The van der Waals surface area contributed by atoms with Crippen molar-refractivity contribution in [3.05, 3.63) is 34.3 Å².